The SMILES string of the molecule is C#CCNC(=O)c1ccc(S(C)(=O)=O)cc1. The van der Waals surface area contributed by atoms with Crippen LogP contribution in [0.2, 0.25) is 0 Å². The molecule has 1 rings (SSSR count). The monoisotopic (exact) mass is 237 g/mol. The Balaban J connectivity index is 2.88. The maximum absolute atomic E-state index is 11.4. The normalized spacial score (nSPS) is 10.5. The van der Waals surface area contributed by atoms with Gasteiger partial charge in [0.1, 0.15) is 0 Å². The second-order valence-electron chi connectivity index (χ2n) is 3.18. The highest BCUT2D eigenvalue weighted by Crippen LogP contribution is 2.09. The molecule has 0 saturated carbocycles. The van der Waals surface area contributed by atoms with Crippen LogP contribution in [0.25, 0.3) is 0 Å². The lowest BCUT2D eigenvalue weighted by Gasteiger charge is -2.02. The van der Waals surface area contributed by atoms with Crippen molar-refractivity contribution < 1.29 is 13.2 Å². The first-order valence-electron chi connectivity index (χ1n) is 4.47. The van der Waals surface area contributed by atoms with Gasteiger partial charge in [0, 0.05) is 11.8 Å². The van der Waals surface area contributed by atoms with Gasteiger partial charge in [-0.1, -0.05) is 5.92 Å². The number of benzene rings is 1. The molecular weight excluding hydrogens is 226 g/mol. The largest absolute Gasteiger partial charge is 0.341 e. The second kappa shape index (κ2) is 4.81. The molecule has 0 spiro atoms. The molecule has 1 aromatic carbocycles. The standard InChI is InChI=1S/C11H11NO3S/c1-3-8-12-11(13)9-4-6-10(7-5-9)16(2,14)15/h1,4-7H,8H2,2H3,(H,12,13). The lowest BCUT2D eigenvalue weighted by Crippen LogP contribution is -2.23. The molecule has 0 heterocycles. The van der Waals surface area contributed by atoms with Crippen molar-refractivity contribution in [2.75, 3.05) is 12.8 Å². The third-order valence-electron chi connectivity index (χ3n) is 1.90. The van der Waals surface area contributed by atoms with Crippen molar-refractivity contribution in [3.63, 3.8) is 0 Å². The third-order valence-corrected chi connectivity index (χ3v) is 3.02. The average molecular weight is 237 g/mol. The van der Waals surface area contributed by atoms with Gasteiger partial charge in [0.15, 0.2) is 9.84 Å². The van der Waals surface area contributed by atoms with Gasteiger partial charge >= 0.3 is 0 Å². The summed E-state index contributed by atoms with van der Waals surface area (Å²) in [5.41, 5.74) is 0.377. The summed E-state index contributed by atoms with van der Waals surface area (Å²) in [5, 5.41) is 2.48. The average Bonchev–Trinajstić information content (AvgIpc) is 2.25. The third kappa shape index (κ3) is 3.11. The molecule has 1 amide bonds. The number of carbonyl (C=O) groups is 1. The Labute approximate surface area is 94.6 Å². The van der Waals surface area contributed by atoms with Crippen molar-refractivity contribution in [1.29, 1.82) is 0 Å². The molecule has 84 valence electrons. The van der Waals surface area contributed by atoms with Crippen LogP contribution >= 0.6 is 0 Å². The molecule has 0 fully saturated rings. The van der Waals surface area contributed by atoms with E-state index in [9.17, 15) is 13.2 Å². The molecule has 0 aromatic heterocycles. The van der Waals surface area contributed by atoms with Gasteiger partial charge in [-0.2, -0.15) is 0 Å². The van der Waals surface area contributed by atoms with Crippen molar-refractivity contribution >= 4 is 15.7 Å². The van der Waals surface area contributed by atoms with Gasteiger partial charge in [-0.25, -0.2) is 8.42 Å². The van der Waals surface area contributed by atoms with Crippen LogP contribution in [0.4, 0.5) is 0 Å². The zero-order valence-electron chi connectivity index (χ0n) is 8.73. The Bertz CT molecular complexity index is 523. The maximum atomic E-state index is 11.4. The van der Waals surface area contributed by atoms with Crippen molar-refractivity contribution in [1.82, 2.24) is 5.32 Å². The van der Waals surface area contributed by atoms with Gasteiger partial charge < -0.3 is 5.32 Å². The molecule has 0 radical (unpaired) electrons. The number of terminal acetylenes is 1. The Morgan fingerprint density at radius 1 is 1.38 bits per heavy atom. The van der Waals surface area contributed by atoms with Crippen LogP contribution in [0.15, 0.2) is 29.2 Å². The van der Waals surface area contributed by atoms with Gasteiger partial charge in [0.25, 0.3) is 5.91 Å². The Kier molecular flexibility index (Phi) is 3.69. The van der Waals surface area contributed by atoms with Gasteiger partial charge in [0.05, 0.1) is 11.4 Å². The van der Waals surface area contributed by atoms with Crippen LogP contribution < -0.4 is 5.32 Å². The number of hydrogen-bond donors (Lipinski definition) is 1. The van der Waals surface area contributed by atoms with E-state index in [2.05, 4.69) is 11.2 Å². The summed E-state index contributed by atoms with van der Waals surface area (Å²) in [6.45, 7) is 0.145. The number of nitrogens with one attached hydrogen (secondary N) is 1. The first-order valence-corrected chi connectivity index (χ1v) is 6.36. The first kappa shape index (κ1) is 12.3. The molecule has 1 aromatic rings. The van der Waals surface area contributed by atoms with Crippen molar-refractivity contribution in [2.45, 2.75) is 4.90 Å². The molecule has 0 aliphatic rings. The van der Waals surface area contributed by atoms with Crippen molar-refractivity contribution in [3.05, 3.63) is 29.8 Å². The van der Waals surface area contributed by atoms with Crippen molar-refractivity contribution in [3.8, 4) is 12.3 Å². The number of rotatable bonds is 3. The molecule has 4 nitrogen and oxygen atoms in total. The minimum Gasteiger partial charge on any atom is -0.341 e. The van der Waals surface area contributed by atoms with E-state index in [0.717, 1.165) is 6.26 Å². The predicted octanol–water partition coefficient (Wildman–Crippen LogP) is 0.453. The fourth-order valence-corrected chi connectivity index (χ4v) is 1.72. The number of carbonyl (C=O) groups excluding carboxylic acids is 1. The highest BCUT2D eigenvalue weighted by Gasteiger charge is 2.08. The molecule has 1 N–H and O–H groups in total. The summed E-state index contributed by atoms with van der Waals surface area (Å²) in [4.78, 5) is 11.6. The Hall–Kier alpha value is -1.80. The molecule has 0 unspecified atom stereocenters. The van der Waals surface area contributed by atoms with Crippen LogP contribution in [-0.2, 0) is 9.84 Å². The molecule has 0 aliphatic carbocycles. The molecule has 16 heavy (non-hydrogen) atoms. The highest BCUT2D eigenvalue weighted by atomic mass is 32.2. The van der Waals surface area contributed by atoms with Crippen LogP contribution in [0.3, 0.4) is 0 Å². The smallest absolute Gasteiger partial charge is 0.252 e. The fraction of sp³-hybridized carbons (Fsp3) is 0.182. The van der Waals surface area contributed by atoms with Gasteiger partial charge in [-0.15, -0.1) is 6.42 Å². The van der Waals surface area contributed by atoms with E-state index in [1.54, 1.807) is 0 Å². The summed E-state index contributed by atoms with van der Waals surface area (Å²) in [5.74, 6) is 1.95. The minimum atomic E-state index is -3.23. The molecule has 0 bridgehead atoms. The lowest BCUT2D eigenvalue weighted by molar-refractivity contribution is 0.0958. The molecule has 0 atom stereocenters. The zero-order chi connectivity index (χ0) is 12.2. The number of amides is 1. The van der Waals surface area contributed by atoms with E-state index in [1.807, 2.05) is 0 Å². The van der Waals surface area contributed by atoms with E-state index in [1.165, 1.54) is 24.3 Å². The highest BCUT2D eigenvalue weighted by molar-refractivity contribution is 7.90. The summed E-state index contributed by atoms with van der Waals surface area (Å²) >= 11 is 0. The topological polar surface area (TPSA) is 63.2 Å². The maximum Gasteiger partial charge on any atom is 0.252 e. The Morgan fingerprint density at radius 2 is 1.94 bits per heavy atom. The summed E-state index contributed by atoms with van der Waals surface area (Å²) < 4.78 is 22.3. The zero-order valence-corrected chi connectivity index (χ0v) is 9.54. The number of hydrogen-bond acceptors (Lipinski definition) is 3. The predicted molar refractivity (Wildman–Crippen MR) is 60.7 cm³/mol. The second-order valence-corrected chi connectivity index (χ2v) is 5.20. The Morgan fingerprint density at radius 3 is 2.38 bits per heavy atom. The first-order chi connectivity index (χ1) is 7.45. The van der Waals surface area contributed by atoms with E-state index < -0.39 is 9.84 Å². The minimum absolute atomic E-state index is 0.145. The van der Waals surface area contributed by atoms with E-state index in [0.29, 0.717) is 5.56 Å². The van der Waals surface area contributed by atoms with Crippen LogP contribution in [-0.4, -0.2) is 27.1 Å². The van der Waals surface area contributed by atoms with Crippen LogP contribution in [0.5, 0.6) is 0 Å². The molecule has 5 heteroatoms. The number of sulfone groups is 1. The van der Waals surface area contributed by atoms with E-state index in [-0.39, 0.29) is 17.3 Å². The van der Waals surface area contributed by atoms with Crippen molar-refractivity contribution in [2.24, 2.45) is 0 Å². The van der Waals surface area contributed by atoms with Crippen LogP contribution in [0, 0.1) is 12.3 Å². The fourth-order valence-electron chi connectivity index (χ4n) is 1.09. The summed E-state index contributed by atoms with van der Waals surface area (Å²) in [6.07, 6.45) is 6.10. The van der Waals surface area contributed by atoms with Crippen LogP contribution in [0.1, 0.15) is 10.4 Å². The molecule has 0 aliphatic heterocycles. The summed E-state index contributed by atoms with van der Waals surface area (Å²) in [6, 6.07) is 5.67. The lowest BCUT2D eigenvalue weighted by atomic mass is 10.2. The van der Waals surface area contributed by atoms with Gasteiger partial charge in [-0.05, 0) is 24.3 Å². The van der Waals surface area contributed by atoms with E-state index >= 15 is 0 Å². The van der Waals surface area contributed by atoms with E-state index in [4.69, 9.17) is 6.42 Å². The molecular formula is C11H11NO3S. The molecule has 0 saturated heterocycles. The summed E-state index contributed by atoms with van der Waals surface area (Å²) in [7, 11) is -3.23. The van der Waals surface area contributed by atoms with Gasteiger partial charge in [0.2, 0.25) is 0 Å². The quantitative estimate of drug-likeness (QED) is 0.776. The van der Waals surface area contributed by atoms with Gasteiger partial charge in [-0.3, -0.25) is 4.79 Å².